The molecule has 2 N–H and O–H groups in total. The van der Waals surface area contributed by atoms with Gasteiger partial charge >= 0.3 is 5.97 Å². The highest BCUT2D eigenvalue weighted by molar-refractivity contribution is 5.85. The number of ether oxygens (including phenoxy) is 3. The number of carboxylic acid groups (broad SMARTS) is 1. The summed E-state index contributed by atoms with van der Waals surface area (Å²) in [5.41, 5.74) is 1.62. The zero-order valence-corrected chi connectivity index (χ0v) is 20.0. The molecule has 194 valence electrons. The standard InChI is InChI=1S/C28H27F2NO6/c29-28(30)9-7-21(8-10-28)31-26(32)15-35-22-5-3-17-1-2-18(11-20(17)12-22)23(14-27(33)34)19-4-6-24-25(13-19)37-16-36-24/h1-6,11-13,21,23H,7-10,14-16H2,(H,31,32)(H,33,34). The van der Waals surface area contributed by atoms with Crippen LogP contribution in [0.3, 0.4) is 0 Å². The third-order valence-corrected chi connectivity index (χ3v) is 6.87. The zero-order valence-electron chi connectivity index (χ0n) is 20.0. The van der Waals surface area contributed by atoms with Crippen molar-refractivity contribution in [3.63, 3.8) is 0 Å². The van der Waals surface area contributed by atoms with Crippen LogP contribution in [0, 0.1) is 0 Å². The van der Waals surface area contributed by atoms with E-state index in [9.17, 15) is 23.5 Å². The molecule has 7 nitrogen and oxygen atoms in total. The van der Waals surface area contributed by atoms with Crippen molar-refractivity contribution in [1.82, 2.24) is 5.32 Å². The summed E-state index contributed by atoms with van der Waals surface area (Å²) in [5, 5.41) is 14.1. The van der Waals surface area contributed by atoms with Crippen molar-refractivity contribution in [1.29, 1.82) is 0 Å². The SMILES string of the molecule is O=C(O)CC(c1ccc2c(c1)OCO2)c1ccc2ccc(OCC(=O)NC3CCC(F)(F)CC3)cc2c1. The highest BCUT2D eigenvalue weighted by Gasteiger charge is 2.35. The first kappa shape index (κ1) is 24.8. The topological polar surface area (TPSA) is 94.1 Å². The number of fused-ring (bicyclic) bond motifs is 2. The molecule has 1 heterocycles. The second-order valence-corrected chi connectivity index (χ2v) is 9.52. The van der Waals surface area contributed by atoms with Gasteiger partial charge in [0.15, 0.2) is 18.1 Å². The molecule has 5 rings (SSSR count). The molecule has 3 aromatic rings. The van der Waals surface area contributed by atoms with E-state index in [4.69, 9.17) is 14.2 Å². The van der Waals surface area contributed by atoms with Gasteiger partial charge < -0.3 is 24.6 Å². The van der Waals surface area contributed by atoms with Gasteiger partial charge in [0, 0.05) is 24.8 Å². The summed E-state index contributed by atoms with van der Waals surface area (Å²) in [6, 6.07) is 16.3. The molecule has 0 spiro atoms. The van der Waals surface area contributed by atoms with Gasteiger partial charge in [-0.2, -0.15) is 0 Å². The Kier molecular flexibility index (Phi) is 6.86. The minimum atomic E-state index is -2.64. The molecule has 2 aliphatic rings. The van der Waals surface area contributed by atoms with Gasteiger partial charge in [-0.3, -0.25) is 9.59 Å². The molecule has 0 saturated heterocycles. The Morgan fingerprint density at radius 2 is 1.68 bits per heavy atom. The molecule has 1 aliphatic carbocycles. The highest BCUT2D eigenvalue weighted by atomic mass is 19.3. The number of rotatable bonds is 8. The highest BCUT2D eigenvalue weighted by Crippen LogP contribution is 2.38. The Morgan fingerprint density at radius 1 is 0.973 bits per heavy atom. The normalized spacial score (nSPS) is 17.4. The molecule has 0 aromatic heterocycles. The van der Waals surface area contributed by atoms with E-state index in [1.165, 1.54) is 0 Å². The van der Waals surface area contributed by atoms with E-state index in [0.29, 0.717) is 17.2 Å². The van der Waals surface area contributed by atoms with Crippen LogP contribution in [-0.2, 0) is 9.59 Å². The van der Waals surface area contributed by atoms with E-state index in [2.05, 4.69) is 5.32 Å². The third-order valence-electron chi connectivity index (χ3n) is 6.87. The number of benzene rings is 3. The average molecular weight is 512 g/mol. The van der Waals surface area contributed by atoms with E-state index < -0.39 is 17.8 Å². The van der Waals surface area contributed by atoms with Crippen molar-refractivity contribution in [3.05, 3.63) is 65.7 Å². The zero-order chi connectivity index (χ0) is 26.0. The maximum atomic E-state index is 13.3. The lowest BCUT2D eigenvalue weighted by atomic mass is 9.87. The number of amides is 1. The fraction of sp³-hybridized carbons (Fsp3) is 0.357. The van der Waals surface area contributed by atoms with E-state index in [-0.39, 0.29) is 57.5 Å². The minimum absolute atomic E-state index is 0.103. The van der Waals surface area contributed by atoms with Gasteiger partial charge in [-0.05, 0) is 59.0 Å². The molecule has 9 heteroatoms. The summed E-state index contributed by atoms with van der Waals surface area (Å²) in [6.07, 6.45) is -0.0484. The number of hydrogen-bond donors (Lipinski definition) is 2. The van der Waals surface area contributed by atoms with Crippen LogP contribution < -0.4 is 19.5 Å². The lowest BCUT2D eigenvalue weighted by molar-refractivity contribution is -0.137. The number of carboxylic acids is 1. The molecule has 3 aromatic carbocycles. The summed E-state index contributed by atoms with van der Waals surface area (Å²) in [7, 11) is 0. The molecule has 1 fully saturated rings. The molecule has 1 saturated carbocycles. The number of hydrogen-bond acceptors (Lipinski definition) is 5. The maximum Gasteiger partial charge on any atom is 0.304 e. The molecule has 1 aliphatic heterocycles. The lowest BCUT2D eigenvalue weighted by Crippen LogP contribution is -2.42. The number of carbonyl (C=O) groups is 2. The summed E-state index contributed by atoms with van der Waals surface area (Å²) in [4.78, 5) is 24.0. The van der Waals surface area contributed by atoms with Gasteiger partial charge in [0.25, 0.3) is 5.91 Å². The number of aliphatic carboxylic acids is 1. The predicted molar refractivity (Wildman–Crippen MR) is 131 cm³/mol. The first-order chi connectivity index (χ1) is 17.8. The first-order valence-corrected chi connectivity index (χ1v) is 12.2. The molecule has 1 unspecified atom stereocenters. The molecule has 0 radical (unpaired) electrons. The molecule has 1 atom stereocenters. The predicted octanol–water partition coefficient (Wildman–Crippen LogP) is 5.25. The summed E-state index contributed by atoms with van der Waals surface area (Å²) in [6.45, 7) is -0.0906. The smallest absolute Gasteiger partial charge is 0.304 e. The molecule has 37 heavy (non-hydrogen) atoms. The molecule has 1 amide bonds. The Morgan fingerprint density at radius 3 is 2.46 bits per heavy atom. The quantitative estimate of drug-likeness (QED) is 0.429. The van der Waals surface area contributed by atoms with Crippen LogP contribution in [0.4, 0.5) is 8.78 Å². The van der Waals surface area contributed by atoms with Crippen LogP contribution in [0.25, 0.3) is 10.8 Å². The number of carbonyl (C=O) groups excluding carboxylic acids is 1. The average Bonchev–Trinajstić information content (AvgIpc) is 3.35. The Balaban J connectivity index is 1.30. The van der Waals surface area contributed by atoms with Crippen molar-refractivity contribution in [2.45, 2.75) is 50.0 Å². The van der Waals surface area contributed by atoms with Crippen LogP contribution in [-0.4, -0.2) is 42.3 Å². The van der Waals surface area contributed by atoms with E-state index in [1.54, 1.807) is 18.2 Å². The number of halogens is 2. The largest absolute Gasteiger partial charge is 0.484 e. The van der Waals surface area contributed by atoms with Crippen LogP contribution in [0.1, 0.15) is 49.1 Å². The van der Waals surface area contributed by atoms with Crippen molar-refractivity contribution in [2.75, 3.05) is 13.4 Å². The van der Waals surface area contributed by atoms with Crippen molar-refractivity contribution in [3.8, 4) is 17.2 Å². The van der Waals surface area contributed by atoms with Crippen molar-refractivity contribution in [2.24, 2.45) is 0 Å². The summed E-state index contributed by atoms with van der Waals surface area (Å²) >= 11 is 0. The van der Waals surface area contributed by atoms with Crippen LogP contribution in [0.5, 0.6) is 17.2 Å². The fourth-order valence-electron chi connectivity index (χ4n) is 4.89. The van der Waals surface area contributed by atoms with Gasteiger partial charge in [-0.15, -0.1) is 0 Å². The second kappa shape index (κ2) is 10.2. The van der Waals surface area contributed by atoms with E-state index in [0.717, 1.165) is 21.9 Å². The summed E-state index contributed by atoms with van der Waals surface area (Å²) < 4.78 is 43.2. The van der Waals surface area contributed by atoms with E-state index >= 15 is 0 Å². The van der Waals surface area contributed by atoms with Crippen LogP contribution in [0.2, 0.25) is 0 Å². The van der Waals surface area contributed by atoms with Crippen molar-refractivity contribution < 1.29 is 37.7 Å². The third kappa shape index (κ3) is 5.93. The number of alkyl halides is 2. The Bertz CT molecular complexity index is 1320. The Hall–Kier alpha value is -3.88. The fourth-order valence-corrected chi connectivity index (χ4v) is 4.89. The Labute approximate surface area is 212 Å². The number of nitrogens with one attached hydrogen (secondary N) is 1. The maximum absolute atomic E-state index is 13.3. The van der Waals surface area contributed by atoms with Gasteiger partial charge in [0.05, 0.1) is 6.42 Å². The van der Waals surface area contributed by atoms with Crippen molar-refractivity contribution >= 4 is 22.6 Å². The van der Waals surface area contributed by atoms with Gasteiger partial charge in [0.1, 0.15) is 5.75 Å². The van der Waals surface area contributed by atoms with Gasteiger partial charge in [0.2, 0.25) is 12.7 Å². The van der Waals surface area contributed by atoms with Gasteiger partial charge in [-0.1, -0.05) is 30.3 Å². The van der Waals surface area contributed by atoms with E-state index in [1.807, 2.05) is 36.4 Å². The monoisotopic (exact) mass is 511 g/mol. The second-order valence-electron chi connectivity index (χ2n) is 9.52. The van der Waals surface area contributed by atoms with Crippen LogP contribution >= 0.6 is 0 Å². The molecule has 0 bridgehead atoms. The van der Waals surface area contributed by atoms with Gasteiger partial charge in [-0.25, -0.2) is 8.78 Å². The molecular weight excluding hydrogens is 484 g/mol. The summed E-state index contributed by atoms with van der Waals surface area (Å²) in [5.74, 6) is -2.63. The minimum Gasteiger partial charge on any atom is -0.484 e. The first-order valence-electron chi connectivity index (χ1n) is 12.2. The lowest BCUT2D eigenvalue weighted by Gasteiger charge is -2.28. The molecular formula is C28H27F2NO6. The van der Waals surface area contributed by atoms with Crippen LogP contribution in [0.15, 0.2) is 54.6 Å².